The van der Waals surface area contributed by atoms with Crippen LogP contribution in [0.3, 0.4) is 0 Å². The molecule has 0 aliphatic carbocycles. The maximum Gasteiger partial charge on any atom is 0.573 e. The summed E-state index contributed by atoms with van der Waals surface area (Å²) >= 11 is 0. The first kappa shape index (κ1) is 16.8. The van der Waals surface area contributed by atoms with E-state index in [1.165, 1.54) is 12.1 Å². The fourth-order valence-corrected chi connectivity index (χ4v) is 1.57. The maximum absolute atomic E-state index is 12.1. The molecular weight excluding hydrogens is 291 g/mol. The lowest BCUT2D eigenvalue weighted by Gasteiger charge is -2.10. The maximum atomic E-state index is 12.1. The number of ether oxygens (including phenoxy) is 1. The zero-order chi connectivity index (χ0) is 15.9. The molecule has 1 aromatic rings. The van der Waals surface area contributed by atoms with E-state index in [2.05, 4.69) is 10.1 Å². The standard InChI is InChI=1S/C13H14F3NO4/c14-13(15,16)21-10-4-1-3-9(7-10)8-11(18)17-6-2-5-12(19)20/h1,3-4,7H,2,5-6,8H2,(H,17,18)(H,19,20). The topological polar surface area (TPSA) is 75.6 Å². The number of rotatable bonds is 7. The molecule has 0 saturated carbocycles. The molecule has 0 unspecified atom stereocenters. The summed E-state index contributed by atoms with van der Waals surface area (Å²) < 4.78 is 39.9. The monoisotopic (exact) mass is 305 g/mol. The van der Waals surface area contributed by atoms with Crippen LogP contribution >= 0.6 is 0 Å². The highest BCUT2D eigenvalue weighted by molar-refractivity contribution is 5.78. The van der Waals surface area contributed by atoms with Gasteiger partial charge in [-0.05, 0) is 24.1 Å². The molecule has 0 heterocycles. The Morgan fingerprint density at radius 1 is 1.29 bits per heavy atom. The first-order chi connectivity index (χ1) is 9.76. The molecule has 2 N–H and O–H groups in total. The zero-order valence-electron chi connectivity index (χ0n) is 10.9. The number of carboxylic acids is 1. The molecule has 0 fully saturated rings. The highest BCUT2D eigenvalue weighted by atomic mass is 19.4. The SMILES string of the molecule is O=C(O)CCCNC(=O)Cc1cccc(OC(F)(F)F)c1. The second-order valence-electron chi connectivity index (χ2n) is 4.22. The average Bonchev–Trinajstić information content (AvgIpc) is 2.32. The summed E-state index contributed by atoms with van der Waals surface area (Å²) in [5.41, 5.74) is 0.368. The number of aliphatic carboxylic acids is 1. The Labute approximate surface area is 118 Å². The summed E-state index contributed by atoms with van der Waals surface area (Å²) in [5, 5.41) is 10.9. The van der Waals surface area contributed by atoms with Gasteiger partial charge in [-0.25, -0.2) is 0 Å². The van der Waals surface area contributed by atoms with Crippen LogP contribution < -0.4 is 10.1 Å². The van der Waals surface area contributed by atoms with Gasteiger partial charge < -0.3 is 15.2 Å². The fourth-order valence-electron chi connectivity index (χ4n) is 1.57. The number of hydrogen-bond acceptors (Lipinski definition) is 3. The third-order valence-electron chi connectivity index (χ3n) is 2.39. The molecule has 0 saturated heterocycles. The zero-order valence-corrected chi connectivity index (χ0v) is 10.9. The molecule has 0 atom stereocenters. The number of nitrogens with one attached hydrogen (secondary N) is 1. The smallest absolute Gasteiger partial charge is 0.481 e. The third-order valence-corrected chi connectivity index (χ3v) is 2.39. The minimum absolute atomic E-state index is 0.0603. The van der Waals surface area contributed by atoms with Gasteiger partial charge in [-0.3, -0.25) is 9.59 Å². The molecule has 0 bridgehead atoms. The first-order valence-corrected chi connectivity index (χ1v) is 6.09. The summed E-state index contributed by atoms with van der Waals surface area (Å²) in [6.45, 7) is 0.198. The van der Waals surface area contributed by atoms with Crippen LogP contribution in [-0.2, 0) is 16.0 Å². The van der Waals surface area contributed by atoms with Crippen LogP contribution in [-0.4, -0.2) is 29.9 Å². The summed E-state index contributed by atoms with van der Waals surface area (Å²) in [6.07, 6.45) is -4.66. The van der Waals surface area contributed by atoms with E-state index in [0.29, 0.717) is 5.56 Å². The van der Waals surface area contributed by atoms with E-state index in [9.17, 15) is 22.8 Å². The Kier molecular flexibility index (Phi) is 6.01. The predicted molar refractivity (Wildman–Crippen MR) is 66.7 cm³/mol. The van der Waals surface area contributed by atoms with Gasteiger partial charge in [0.25, 0.3) is 0 Å². The van der Waals surface area contributed by atoms with Crippen molar-refractivity contribution >= 4 is 11.9 Å². The molecule has 8 heteroatoms. The molecule has 0 aromatic heterocycles. The molecule has 0 aliphatic heterocycles. The van der Waals surface area contributed by atoms with Crippen molar-refractivity contribution < 1.29 is 32.6 Å². The van der Waals surface area contributed by atoms with Gasteiger partial charge >= 0.3 is 12.3 Å². The van der Waals surface area contributed by atoms with Gasteiger partial charge in [-0.2, -0.15) is 0 Å². The van der Waals surface area contributed by atoms with Gasteiger partial charge in [0.05, 0.1) is 6.42 Å². The molecule has 1 amide bonds. The van der Waals surface area contributed by atoms with Crippen LogP contribution in [0.25, 0.3) is 0 Å². The van der Waals surface area contributed by atoms with E-state index < -0.39 is 24.0 Å². The summed E-state index contributed by atoms with van der Waals surface area (Å²) in [4.78, 5) is 21.8. The molecule has 21 heavy (non-hydrogen) atoms. The van der Waals surface area contributed by atoms with Crippen molar-refractivity contribution in [1.82, 2.24) is 5.32 Å². The van der Waals surface area contributed by atoms with E-state index in [1.54, 1.807) is 0 Å². The molecule has 1 aromatic carbocycles. The number of alkyl halides is 3. The van der Waals surface area contributed by atoms with Gasteiger partial charge in [-0.1, -0.05) is 12.1 Å². The van der Waals surface area contributed by atoms with Crippen LogP contribution in [0.5, 0.6) is 5.75 Å². The largest absolute Gasteiger partial charge is 0.573 e. The van der Waals surface area contributed by atoms with Crippen LogP contribution in [0.1, 0.15) is 18.4 Å². The van der Waals surface area contributed by atoms with E-state index >= 15 is 0 Å². The Balaban J connectivity index is 2.45. The number of carbonyl (C=O) groups excluding carboxylic acids is 1. The van der Waals surface area contributed by atoms with Gasteiger partial charge in [0, 0.05) is 13.0 Å². The summed E-state index contributed by atoms with van der Waals surface area (Å²) in [5.74, 6) is -1.75. The van der Waals surface area contributed by atoms with Gasteiger partial charge in [-0.15, -0.1) is 13.2 Å². The van der Waals surface area contributed by atoms with Crippen molar-refractivity contribution in [3.63, 3.8) is 0 Å². The van der Waals surface area contributed by atoms with E-state index in [4.69, 9.17) is 5.11 Å². The number of amides is 1. The van der Waals surface area contributed by atoms with Crippen molar-refractivity contribution in [3.05, 3.63) is 29.8 Å². The van der Waals surface area contributed by atoms with E-state index in [0.717, 1.165) is 12.1 Å². The van der Waals surface area contributed by atoms with Gasteiger partial charge in [0.2, 0.25) is 5.91 Å². The molecule has 116 valence electrons. The van der Waals surface area contributed by atoms with Crippen molar-refractivity contribution in [1.29, 1.82) is 0 Å². The Bertz CT molecular complexity index is 502. The number of carboxylic acid groups (broad SMARTS) is 1. The Hall–Kier alpha value is -2.25. The Morgan fingerprint density at radius 3 is 2.62 bits per heavy atom. The number of benzene rings is 1. The Morgan fingerprint density at radius 2 is 2.00 bits per heavy atom. The molecular formula is C13H14F3NO4. The number of carbonyl (C=O) groups is 2. The second-order valence-corrected chi connectivity index (χ2v) is 4.22. The van der Waals surface area contributed by atoms with Gasteiger partial charge in [0.15, 0.2) is 0 Å². The van der Waals surface area contributed by atoms with Gasteiger partial charge in [0.1, 0.15) is 5.75 Å². The van der Waals surface area contributed by atoms with Crippen LogP contribution in [0.2, 0.25) is 0 Å². The fraction of sp³-hybridized carbons (Fsp3) is 0.385. The van der Waals surface area contributed by atoms with Crippen molar-refractivity contribution in [2.45, 2.75) is 25.6 Å². The highest BCUT2D eigenvalue weighted by Gasteiger charge is 2.31. The van der Waals surface area contributed by atoms with Crippen molar-refractivity contribution in [2.24, 2.45) is 0 Å². The predicted octanol–water partition coefficient (Wildman–Crippen LogP) is 2.11. The van der Waals surface area contributed by atoms with E-state index in [-0.39, 0.29) is 25.8 Å². The molecule has 0 aliphatic rings. The van der Waals surface area contributed by atoms with E-state index in [1.807, 2.05) is 0 Å². The summed E-state index contributed by atoms with van der Waals surface area (Å²) in [7, 11) is 0. The number of halogens is 3. The number of hydrogen-bond donors (Lipinski definition) is 2. The van der Waals surface area contributed by atoms with Crippen molar-refractivity contribution in [2.75, 3.05) is 6.54 Å². The minimum Gasteiger partial charge on any atom is -0.481 e. The van der Waals surface area contributed by atoms with Crippen LogP contribution in [0, 0.1) is 0 Å². The summed E-state index contributed by atoms with van der Waals surface area (Å²) in [6, 6.07) is 5.13. The minimum atomic E-state index is -4.78. The van der Waals surface area contributed by atoms with Crippen molar-refractivity contribution in [3.8, 4) is 5.75 Å². The lowest BCUT2D eigenvalue weighted by atomic mass is 10.1. The third kappa shape index (κ3) is 7.81. The van der Waals surface area contributed by atoms with Crippen LogP contribution in [0.15, 0.2) is 24.3 Å². The van der Waals surface area contributed by atoms with Crippen LogP contribution in [0.4, 0.5) is 13.2 Å². The lowest BCUT2D eigenvalue weighted by molar-refractivity contribution is -0.274. The molecule has 1 rings (SSSR count). The molecule has 0 spiro atoms. The lowest BCUT2D eigenvalue weighted by Crippen LogP contribution is -2.26. The second kappa shape index (κ2) is 7.51. The molecule has 0 radical (unpaired) electrons. The quantitative estimate of drug-likeness (QED) is 0.757. The first-order valence-electron chi connectivity index (χ1n) is 6.09. The average molecular weight is 305 g/mol. The highest BCUT2D eigenvalue weighted by Crippen LogP contribution is 2.23. The normalized spacial score (nSPS) is 11.0. The molecule has 5 nitrogen and oxygen atoms in total.